The highest BCUT2D eigenvalue weighted by atomic mass is 19.1. The van der Waals surface area contributed by atoms with Crippen molar-refractivity contribution in [2.24, 2.45) is 0 Å². The second kappa shape index (κ2) is 6.21. The molecule has 1 aromatic carbocycles. The quantitative estimate of drug-likeness (QED) is 0.748. The maximum absolute atomic E-state index is 13.1. The van der Waals surface area contributed by atoms with E-state index in [0.717, 1.165) is 31.0 Å². The molecule has 1 fully saturated rings. The smallest absolute Gasteiger partial charge is 0.339 e. The van der Waals surface area contributed by atoms with Gasteiger partial charge in [-0.15, -0.1) is 0 Å². The number of hydrogen-bond donors (Lipinski definition) is 3. The number of carboxylic acids is 1. The van der Waals surface area contributed by atoms with Crippen LogP contribution in [0.4, 0.5) is 9.18 Å². The Morgan fingerprint density at radius 1 is 1.33 bits per heavy atom. The summed E-state index contributed by atoms with van der Waals surface area (Å²) < 4.78 is 18.0. The molecule has 0 heterocycles. The van der Waals surface area contributed by atoms with E-state index in [0.29, 0.717) is 0 Å². The predicted molar refractivity (Wildman–Crippen MR) is 68.6 cm³/mol. The number of rotatable bonds is 5. The number of urea groups is 1. The maximum atomic E-state index is 13.1. The summed E-state index contributed by atoms with van der Waals surface area (Å²) in [5, 5.41) is 13.5. The van der Waals surface area contributed by atoms with Crippen molar-refractivity contribution in [3.8, 4) is 5.75 Å². The molecule has 0 spiro atoms. The molecule has 0 aromatic heterocycles. The van der Waals surface area contributed by atoms with Gasteiger partial charge in [-0.2, -0.15) is 0 Å². The number of nitrogens with one attached hydrogen (secondary N) is 2. The van der Waals surface area contributed by atoms with Gasteiger partial charge in [-0.25, -0.2) is 14.0 Å². The van der Waals surface area contributed by atoms with Crippen LogP contribution in [0.3, 0.4) is 0 Å². The molecule has 8 heteroatoms. The molecule has 0 aliphatic heterocycles. The molecule has 1 aliphatic rings. The van der Waals surface area contributed by atoms with Gasteiger partial charge in [-0.05, 0) is 25.0 Å². The zero-order valence-corrected chi connectivity index (χ0v) is 10.9. The van der Waals surface area contributed by atoms with Crippen LogP contribution >= 0.6 is 0 Å². The Hall–Kier alpha value is -2.64. The minimum absolute atomic E-state index is 0.0977. The minimum atomic E-state index is -1.31. The van der Waals surface area contributed by atoms with Crippen molar-refractivity contribution in [1.29, 1.82) is 0 Å². The molecular formula is C13H13FN2O5. The summed E-state index contributed by atoms with van der Waals surface area (Å²) >= 11 is 0. The first kappa shape index (κ1) is 14.8. The summed E-state index contributed by atoms with van der Waals surface area (Å²) in [6.07, 6.45) is 1.76. The van der Waals surface area contributed by atoms with E-state index < -0.39 is 30.3 Å². The third-order valence-corrected chi connectivity index (χ3v) is 2.70. The van der Waals surface area contributed by atoms with Gasteiger partial charge in [0, 0.05) is 12.1 Å². The molecule has 0 radical (unpaired) electrons. The fraction of sp³-hybridized carbons (Fsp3) is 0.308. The molecule has 7 nitrogen and oxygen atoms in total. The number of hydrogen-bond acceptors (Lipinski definition) is 4. The molecule has 112 valence electrons. The number of imide groups is 1. The van der Waals surface area contributed by atoms with Gasteiger partial charge in [0.05, 0.1) is 0 Å². The maximum Gasteiger partial charge on any atom is 0.339 e. The molecule has 0 saturated heterocycles. The molecule has 2 rings (SSSR count). The highest BCUT2D eigenvalue weighted by molar-refractivity contribution is 5.95. The topological polar surface area (TPSA) is 105 Å². The van der Waals surface area contributed by atoms with Crippen LogP contribution in [0.5, 0.6) is 5.75 Å². The first-order chi connectivity index (χ1) is 9.95. The largest absolute Gasteiger partial charge is 0.483 e. The van der Waals surface area contributed by atoms with E-state index in [9.17, 15) is 18.8 Å². The summed E-state index contributed by atoms with van der Waals surface area (Å²) in [5.74, 6) is -3.03. The Morgan fingerprint density at radius 3 is 2.67 bits per heavy atom. The lowest BCUT2D eigenvalue weighted by atomic mass is 10.2. The van der Waals surface area contributed by atoms with Crippen molar-refractivity contribution in [3.63, 3.8) is 0 Å². The molecule has 1 aliphatic carbocycles. The van der Waals surface area contributed by atoms with Crippen LogP contribution in [-0.2, 0) is 4.79 Å². The van der Waals surface area contributed by atoms with Crippen molar-refractivity contribution in [2.45, 2.75) is 18.9 Å². The average Bonchev–Trinajstić information content (AvgIpc) is 3.19. The van der Waals surface area contributed by atoms with Crippen LogP contribution < -0.4 is 15.4 Å². The molecule has 0 unspecified atom stereocenters. The zero-order valence-electron chi connectivity index (χ0n) is 10.9. The third-order valence-electron chi connectivity index (χ3n) is 2.70. The van der Waals surface area contributed by atoms with E-state index in [1.54, 1.807) is 0 Å². The first-order valence-electron chi connectivity index (χ1n) is 6.21. The Bertz CT molecular complexity index is 586. The SMILES string of the molecule is O=C(COc1cc(F)ccc1C(=O)O)NC(=O)NC1CC1. The lowest BCUT2D eigenvalue weighted by Crippen LogP contribution is -2.42. The van der Waals surface area contributed by atoms with Crippen LogP contribution in [0.25, 0.3) is 0 Å². The van der Waals surface area contributed by atoms with Gasteiger partial charge in [-0.3, -0.25) is 10.1 Å². The van der Waals surface area contributed by atoms with E-state index in [1.807, 2.05) is 5.32 Å². The van der Waals surface area contributed by atoms with Crippen molar-refractivity contribution in [1.82, 2.24) is 10.6 Å². The summed E-state index contributed by atoms with van der Waals surface area (Å²) in [6, 6.07) is 2.33. The number of carbonyl (C=O) groups excluding carboxylic acids is 2. The molecule has 0 atom stereocenters. The lowest BCUT2D eigenvalue weighted by molar-refractivity contribution is -0.122. The molecule has 0 bridgehead atoms. The van der Waals surface area contributed by atoms with Crippen LogP contribution in [0.15, 0.2) is 18.2 Å². The Kier molecular flexibility index (Phi) is 4.36. The molecule has 3 amide bonds. The highest BCUT2D eigenvalue weighted by Gasteiger charge is 2.24. The van der Waals surface area contributed by atoms with Crippen molar-refractivity contribution < 1.29 is 28.6 Å². The first-order valence-corrected chi connectivity index (χ1v) is 6.21. The molecule has 1 saturated carbocycles. The number of carbonyl (C=O) groups is 3. The average molecular weight is 296 g/mol. The second-order valence-corrected chi connectivity index (χ2v) is 4.53. The van der Waals surface area contributed by atoms with E-state index in [-0.39, 0.29) is 17.4 Å². The standard InChI is InChI=1S/C13H13FN2O5/c14-7-1-4-9(12(18)19)10(5-7)21-6-11(17)16-13(20)15-8-2-3-8/h1,4-5,8H,2-3,6H2,(H,18,19)(H2,15,16,17,20). The van der Waals surface area contributed by atoms with Gasteiger partial charge in [0.15, 0.2) is 6.61 Å². The normalized spacial score (nSPS) is 13.4. The number of benzene rings is 1. The molecule has 21 heavy (non-hydrogen) atoms. The van der Waals surface area contributed by atoms with Crippen LogP contribution in [-0.4, -0.2) is 35.7 Å². The van der Waals surface area contributed by atoms with Gasteiger partial charge in [0.2, 0.25) is 0 Å². The van der Waals surface area contributed by atoms with Crippen molar-refractivity contribution >= 4 is 17.9 Å². The van der Waals surface area contributed by atoms with E-state index in [4.69, 9.17) is 9.84 Å². The highest BCUT2D eigenvalue weighted by Crippen LogP contribution is 2.20. The van der Waals surface area contributed by atoms with Crippen LogP contribution in [0.1, 0.15) is 23.2 Å². The molecule has 1 aromatic rings. The van der Waals surface area contributed by atoms with E-state index in [1.165, 1.54) is 0 Å². The van der Waals surface area contributed by atoms with Gasteiger partial charge in [0.25, 0.3) is 5.91 Å². The Balaban J connectivity index is 1.89. The van der Waals surface area contributed by atoms with E-state index in [2.05, 4.69) is 5.32 Å². The van der Waals surface area contributed by atoms with Crippen LogP contribution in [0, 0.1) is 5.82 Å². The Morgan fingerprint density at radius 2 is 2.05 bits per heavy atom. The summed E-state index contributed by atoms with van der Waals surface area (Å²) in [6.45, 7) is -0.595. The van der Waals surface area contributed by atoms with Gasteiger partial charge >= 0.3 is 12.0 Å². The number of amides is 3. The Labute approximate surface area is 119 Å². The number of aromatic carboxylic acids is 1. The fourth-order valence-corrected chi connectivity index (χ4v) is 1.55. The van der Waals surface area contributed by atoms with Gasteiger partial charge < -0.3 is 15.2 Å². The van der Waals surface area contributed by atoms with Gasteiger partial charge in [0.1, 0.15) is 17.1 Å². The third kappa shape index (κ3) is 4.44. The number of ether oxygens (including phenoxy) is 1. The predicted octanol–water partition coefficient (Wildman–Crippen LogP) is 0.891. The summed E-state index contributed by atoms with van der Waals surface area (Å²) in [7, 11) is 0. The summed E-state index contributed by atoms with van der Waals surface area (Å²) in [4.78, 5) is 33.7. The monoisotopic (exact) mass is 296 g/mol. The fourth-order valence-electron chi connectivity index (χ4n) is 1.55. The summed E-state index contributed by atoms with van der Waals surface area (Å²) in [5.41, 5.74) is -0.272. The minimum Gasteiger partial charge on any atom is -0.483 e. The number of halogens is 1. The van der Waals surface area contributed by atoms with Crippen LogP contribution in [0.2, 0.25) is 0 Å². The van der Waals surface area contributed by atoms with E-state index >= 15 is 0 Å². The van der Waals surface area contributed by atoms with Crippen molar-refractivity contribution in [3.05, 3.63) is 29.6 Å². The van der Waals surface area contributed by atoms with Crippen molar-refractivity contribution in [2.75, 3.05) is 6.61 Å². The number of carboxylic acid groups (broad SMARTS) is 1. The molecular weight excluding hydrogens is 283 g/mol. The molecule has 3 N–H and O–H groups in total. The van der Waals surface area contributed by atoms with Gasteiger partial charge in [-0.1, -0.05) is 0 Å². The lowest BCUT2D eigenvalue weighted by Gasteiger charge is -2.09. The zero-order chi connectivity index (χ0) is 15.4. The second-order valence-electron chi connectivity index (χ2n) is 4.53.